The molecule has 0 aromatic heterocycles. The Morgan fingerprint density at radius 3 is 2.50 bits per heavy atom. The summed E-state index contributed by atoms with van der Waals surface area (Å²) in [5.74, 6) is 1.03. The van der Waals surface area contributed by atoms with Crippen LogP contribution in [0.2, 0.25) is 0 Å². The topological polar surface area (TPSA) is 46.2 Å². The Labute approximate surface area is 84.7 Å². The zero-order valence-corrected chi connectivity index (χ0v) is 8.75. The van der Waals surface area contributed by atoms with Crippen LogP contribution in [0.1, 0.15) is 35.6 Å². The van der Waals surface area contributed by atoms with Gasteiger partial charge in [0.05, 0.1) is 0 Å². The second-order valence-corrected chi connectivity index (χ2v) is 4.36. The molecule has 0 aliphatic heterocycles. The van der Waals surface area contributed by atoms with Gasteiger partial charge in [-0.3, -0.25) is 0 Å². The van der Waals surface area contributed by atoms with E-state index >= 15 is 0 Å². The molecule has 76 valence electrons. The summed E-state index contributed by atoms with van der Waals surface area (Å²) >= 11 is 0. The van der Waals surface area contributed by atoms with Gasteiger partial charge in [-0.1, -0.05) is 6.07 Å². The van der Waals surface area contributed by atoms with Crippen LogP contribution in [-0.2, 0) is 0 Å². The first-order chi connectivity index (χ1) is 6.59. The van der Waals surface area contributed by atoms with Crippen LogP contribution in [0, 0.1) is 19.8 Å². The van der Waals surface area contributed by atoms with Crippen LogP contribution < -0.4 is 5.73 Å². The van der Waals surface area contributed by atoms with Gasteiger partial charge >= 0.3 is 0 Å². The molecule has 1 saturated carbocycles. The maximum atomic E-state index is 9.52. The van der Waals surface area contributed by atoms with Crippen LogP contribution in [0.25, 0.3) is 0 Å². The third kappa shape index (κ3) is 1.62. The molecular weight excluding hydrogens is 174 g/mol. The van der Waals surface area contributed by atoms with Crippen molar-refractivity contribution in [3.63, 3.8) is 0 Å². The van der Waals surface area contributed by atoms with Gasteiger partial charge in [-0.2, -0.15) is 0 Å². The first-order valence-electron chi connectivity index (χ1n) is 5.15. The van der Waals surface area contributed by atoms with Gasteiger partial charge < -0.3 is 10.8 Å². The minimum atomic E-state index is 0.161. The molecule has 2 nitrogen and oxygen atoms in total. The lowest BCUT2D eigenvalue weighted by atomic mass is 9.96. The van der Waals surface area contributed by atoms with Gasteiger partial charge in [-0.05, 0) is 55.4 Å². The fourth-order valence-corrected chi connectivity index (χ4v) is 1.89. The molecular formula is C12H17NO. The highest BCUT2D eigenvalue weighted by Gasteiger charge is 2.30. The summed E-state index contributed by atoms with van der Waals surface area (Å²) in [4.78, 5) is 0. The summed E-state index contributed by atoms with van der Waals surface area (Å²) in [7, 11) is 0. The Balaban J connectivity index is 2.36. The third-order valence-electron chi connectivity index (χ3n) is 3.07. The van der Waals surface area contributed by atoms with Gasteiger partial charge in [-0.25, -0.2) is 0 Å². The number of phenols is 1. The molecule has 1 atom stereocenters. The van der Waals surface area contributed by atoms with Crippen molar-refractivity contribution in [3.05, 3.63) is 28.8 Å². The highest BCUT2D eigenvalue weighted by atomic mass is 16.3. The number of phenolic OH excluding ortho intramolecular Hbond substituents is 1. The molecule has 1 aliphatic carbocycles. The standard InChI is InChI=1S/C12H17NO/c1-7-6-11(14)8(2)5-10(7)12(13)9-3-4-9/h5-6,9,12,14H,3-4,13H2,1-2H3. The van der Waals surface area contributed by atoms with E-state index < -0.39 is 0 Å². The Kier molecular flexibility index (Phi) is 2.23. The van der Waals surface area contributed by atoms with Crippen LogP contribution in [0.3, 0.4) is 0 Å². The lowest BCUT2D eigenvalue weighted by Gasteiger charge is -2.15. The van der Waals surface area contributed by atoms with Crippen molar-refractivity contribution in [3.8, 4) is 5.75 Å². The van der Waals surface area contributed by atoms with E-state index in [-0.39, 0.29) is 6.04 Å². The Hall–Kier alpha value is -1.02. The molecule has 0 heterocycles. The fourth-order valence-electron chi connectivity index (χ4n) is 1.89. The van der Waals surface area contributed by atoms with Gasteiger partial charge in [0.25, 0.3) is 0 Å². The van der Waals surface area contributed by atoms with E-state index in [1.54, 1.807) is 0 Å². The van der Waals surface area contributed by atoms with E-state index in [2.05, 4.69) is 0 Å². The van der Waals surface area contributed by atoms with E-state index in [1.807, 2.05) is 26.0 Å². The summed E-state index contributed by atoms with van der Waals surface area (Å²) in [6, 6.07) is 4.00. The van der Waals surface area contributed by atoms with Crippen LogP contribution in [0.5, 0.6) is 5.75 Å². The van der Waals surface area contributed by atoms with E-state index in [1.165, 1.54) is 18.4 Å². The minimum absolute atomic E-state index is 0.161. The quantitative estimate of drug-likeness (QED) is 0.754. The number of benzene rings is 1. The number of nitrogens with two attached hydrogens (primary N) is 1. The third-order valence-corrected chi connectivity index (χ3v) is 3.07. The molecule has 1 fully saturated rings. The van der Waals surface area contributed by atoms with E-state index in [4.69, 9.17) is 5.73 Å². The molecule has 1 aliphatic rings. The summed E-state index contributed by atoms with van der Waals surface area (Å²) in [5, 5.41) is 9.52. The monoisotopic (exact) mass is 191 g/mol. The lowest BCUT2D eigenvalue weighted by Crippen LogP contribution is -2.13. The van der Waals surface area contributed by atoms with Crippen LogP contribution in [-0.4, -0.2) is 5.11 Å². The zero-order chi connectivity index (χ0) is 10.3. The molecule has 1 aromatic rings. The Morgan fingerprint density at radius 1 is 1.29 bits per heavy atom. The zero-order valence-electron chi connectivity index (χ0n) is 8.75. The van der Waals surface area contributed by atoms with Crippen molar-refractivity contribution >= 4 is 0 Å². The molecule has 2 rings (SSSR count). The van der Waals surface area contributed by atoms with E-state index in [0.29, 0.717) is 11.7 Å². The predicted octanol–water partition coefficient (Wildman–Crippen LogP) is 2.42. The number of hydrogen-bond donors (Lipinski definition) is 2. The highest BCUT2D eigenvalue weighted by Crippen LogP contribution is 2.41. The fraction of sp³-hybridized carbons (Fsp3) is 0.500. The van der Waals surface area contributed by atoms with Crippen LogP contribution in [0.15, 0.2) is 12.1 Å². The van der Waals surface area contributed by atoms with Gasteiger partial charge in [0.2, 0.25) is 0 Å². The molecule has 0 radical (unpaired) electrons. The van der Waals surface area contributed by atoms with Crippen molar-refractivity contribution < 1.29 is 5.11 Å². The van der Waals surface area contributed by atoms with Gasteiger partial charge in [0.1, 0.15) is 5.75 Å². The molecule has 0 spiro atoms. The summed E-state index contributed by atoms with van der Waals surface area (Å²) in [6.07, 6.45) is 2.50. The number of aryl methyl sites for hydroxylation is 2. The predicted molar refractivity (Wildman–Crippen MR) is 57.2 cm³/mol. The second-order valence-electron chi connectivity index (χ2n) is 4.36. The SMILES string of the molecule is Cc1cc(C(N)C2CC2)c(C)cc1O. The average Bonchev–Trinajstić information content (AvgIpc) is 2.93. The van der Waals surface area contributed by atoms with Crippen molar-refractivity contribution in [1.82, 2.24) is 0 Å². The van der Waals surface area contributed by atoms with Gasteiger partial charge in [0.15, 0.2) is 0 Å². The smallest absolute Gasteiger partial charge is 0.118 e. The maximum absolute atomic E-state index is 9.52. The molecule has 1 unspecified atom stereocenters. The van der Waals surface area contributed by atoms with Crippen LogP contribution >= 0.6 is 0 Å². The lowest BCUT2D eigenvalue weighted by molar-refractivity contribution is 0.469. The average molecular weight is 191 g/mol. The Bertz CT molecular complexity index is 356. The summed E-state index contributed by atoms with van der Waals surface area (Å²) < 4.78 is 0. The number of rotatable bonds is 2. The largest absolute Gasteiger partial charge is 0.508 e. The van der Waals surface area contributed by atoms with Crippen LogP contribution in [0.4, 0.5) is 0 Å². The van der Waals surface area contributed by atoms with Gasteiger partial charge in [-0.15, -0.1) is 0 Å². The van der Waals surface area contributed by atoms with E-state index in [0.717, 1.165) is 11.1 Å². The van der Waals surface area contributed by atoms with Crippen molar-refractivity contribution in [2.45, 2.75) is 32.7 Å². The normalized spacial score (nSPS) is 18.2. The van der Waals surface area contributed by atoms with E-state index in [9.17, 15) is 5.11 Å². The molecule has 0 bridgehead atoms. The molecule has 0 saturated heterocycles. The molecule has 14 heavy (non-hydrogen) atoms. The maximum Gasteiger partial charge on any atom is 0.118 e. The highest BCUT2D eigenvalue weighted by molar-refractivity contribution is 5.42. The minimum Gasteiger partial charge on any atom is -0.508 e. The second kappa shape index (κ2) is 3.28. The van der Waals surface area contributed by atoms with Gasteiger partial charge in [0, 0.05) is 6.04 Å². The summed E-state index contributed by atoms with van der Waals surface area (Å²) in [5.41, 5.74) is 9.36. The van der Waals surface area contributed by atoms with Crippen molar-refractivity contribution in [2.24, 2.45) is 11.7 Å². The molecule has 3 N–H and O–H groups in total. The summed E-state index contributed by atoms with van der Waals surface area (Å²) in [6.45, 7) is 3.93. The first-order valence-corrected chi connectivity index (χ1v) is 5.15. The Morgan fingerprint density at radius 2 is 1.93 bits per heavy atom. The number of aromatic hydroxyl groups is 1. The van der Waals surface area contributed by atoms with Crippen molar-refractivity contribution in [1.29, 1.82) is 0 Å². The first kappa shape index (κ1) is 9.53. The molecule has 0 amide bonds. The molecule has 1 aromatic carbocycles. The molecule has 2 heteroatoms. The van der Waals surface area contributed by atoms with Crippen molar-refractivity contribution in [2.75, 3.05) is 0 Å². The number of hydrogen-bond acceptors (Lipinski definition) is 2.